The van der Waals surface area contributed by atoms with Gasteiger partial charge < -0.3 is 15.5 Å². The van der Waals surface area contributed by atoms with Crippen molar-refractivity contribution in [1.29, 1.82) is 0 Å². The van der Waals surface area contributed by atoms with Crippen molar-refractivity contribution < 1.29 is 14.4 Å². The number of hydrogen-bond donors (Lipinski definition) is 2. The summed E-state index contributed by atoms with van der Waals surface area (Å²) in [6.45, 7) is 1.82. The number of aliphatic imine (C=N–C) groups is 1. The first kappa shape index (κ1) is 22.1. The Morgan fingerprint density at radius 2 is 1.76 bits per heavy atom. The molecule has 1 aromatic heterocycles. The summed E-state index contributed by atoms with van der Waals surface area (Å²) in [7, 11) is 0. The van der Waals surface area contributed by atoms with Crippen molar-refractivity contribution in [3.63, 3.8) is 0 Å². The molecule has 1 atom stereocenters. The number of carbonyl (C=O) groups is 3. The summed E-state index contributed by atoms with van der Waals surface area (Å²) in [6.07, 6.45) is 3.95. The topological polar surface area (TPSA) is 104 Å². The van der Waals surface area contributed by atoms with Gasteiger partial charge in [-0.05, 0) is 49.2 Å². The molecular weight excluding hydrogens is 450 g/mol. The number of amides is 3. The number of pyridine rings is 1. The van der Waals surface area contributed by atoms with Crippen LogP contribution in [0.2, 0.25) is 0 Å². The second-order valence-corrected chi connectivity index (χ2v) is 9.37. The summed E-state index contributed by atoms with van der Waals surface area (Å²) < 4.78 is 0. The van der Waals surface area contributed by atoms with Crippen LogP contribution in [0.1, 0.15) is 29.6 Å². The van der Waals surface area contributed by atoms with Gasteiger partial charge in [0.25, 0.3) is 11.8 Å². The summed E-state index contributed by atoms with van der Waals surface area (Å²) in [5.41, 5.74) is 2.37. The summed E-state index contributed by atoms with van der Waals surface area (Å²) >= 11 is 1.37. The van der Waals surface area contributed by atoms with E-state index < -0.39 is 5.25 Å². The van der Waals surface area contributed by atoms with Gasteiger partial charge in [-0.1, -0.05) is 30.0 Å². The number of carbonyl (C=O) groups excluding carboxylic acids is 3. The highest BCUT2D eigenvalue weighted by Crippen LogP contribution is 2.29. The van der Waals surface area contributed by atoms with Gasteiger partial charge in [0.1, 0.15) is 5.25 Å². The molecule has 0 radical (unpaired) electrons. The number of nitrogens with one attached hydrogen (secondary N) is 2. The van der Waals surface area contributed by atoms with Crippen molar-refractivity contribution >= 4 is 56.9 Å². The van der Waals surface area contributed by atoms with Crippen LogP contribution in [0.5, 0.6) is 0 Å². The van der Waals surface area contributed by atoms with Crippen molar-refractivity contribution in [2.45, 2.75) is 24.5 Å². The van der Waals surface area contributed by atoms with Gasteiger partial charge in [0, 0.05) is 42.3 Å². The SMILES string of the molecule is O=C(C[C@@H]1SC(N2CCCC2)=NC1=O)Nc1ccc(C(=O)Nc2cccc3cccnc23)cc1. The third-order valence-corrected chi connectivity index (χ3v) is 7.00. The Morgan fingerprint density at radius 3 is 2.56 bits per heavy atom. The fourth-order valence-electron chi connectivity index (χ4n) is 4.04. The number of para-hydroxylation sites is 1. The fraction of sp³-hybridized carbons (Fsp3) is 0.240. The summed E-state index contributed by atoms with van der Waals surface area (Å²) in [5.74, 6) is -0.782. The Morgan fingerprint density at radius 1 is 1.00 bits per heavy atom. The lowest BCUT2D eigenvalue weighted by atomic mass is 10.1. The second kappa shape index (κ2) is 9.64. The van der Waals surface area contributed by atoms with E-state index in [0.717, 1.165) is 42.0 Å². The number of anilines is 2. The molecule has 3 aromatic rings. The van der Waals surface area contributed by atoms with Gasteiger partial charge in [-0.15, -0.1) is 0 Å². The molecule has 34 heavy (non-hydrogen) atoms. The van der Waals surface area contributed by atoms with E-state index in [1.165, 1.54) is 11.8 Å². The Bertz CT molecular complexity index is 1280. The number of amidine groups is 1. The number of nitrogens with zero attached hydrogens (tertiary/aromatic N) is 3. The van der Waals surface area contributed by atoms with E-state index in [0.29, 0.717) is 16.9 Å². The lowest BCUT2D eigenvalue weighted by Crippen LogP contribution is -2.25. The smallest absolute Gasteiger partial charge is 0.262 e. The molecule has 9 heteroatoms. The molecule has 0 bridgehead atoms. The average Bonchev–Trinajstić information content (AvgIpc) is 3.50. The minimum atomic E-state index is -0.491. The van der Waals surface area contributed by atoms with Gasteiger partial charge >= 0.3 is 0 Å². The van der Waals surface area contributed by atoms with Crippen LogP contribution in [0, 0.1) is 0 Å². The maximum Gasteiger partial charge on any atom is 0.262 e. The van der Waals surface area contributed by atoms with Gasteiger partial charge in [0.05, 0.1) is 11.2 Å². The molecular formula is C25H23N5O3S. The normalized spacial score (nSPS) is 17.6. The molecule has 0 saturated carbocycles. The molecule has 2 aliphatic heterocycles. The predicted molar refractivity (Wildman–Crippen MR) is 134 cm³/mol. The van der Waals surface area contributed by atoms with Crippen molar-refractivity contribution in [2.24, 2.45) is 4.99 Å². The lowest BCUT2D eigenvalue weighted by Gasteiger charge is -2.16. The highest BCUT2D eigenvalue weighted by atomic mass is 32.2. The first-order chi connectivity index (χ1) is 16.6. The molecule has 172 valence electrons. The number of rotatable bonds is 5. The van der Waals surface area contributed by atoms with Gasteiger partial charge in [-0.3, -0.25) is 19.4 Å². The van der Waals surface area contributed by atoms with E-state index >= 15 is 0 Å². The summed E-state index contributed by atoms with van der Waals surface area (Å²) in [5, 5.41) is 6.88. The molecule has 3 amide bonds. The van der Waals surface area contributed by atoms with Crippen LogP contribution >= 0.6 is 11.8 Å². The zero-order valence-electron chi connectivity index (χ0n) is 18.4. The van der Waals surface area contributed by atoms with Gasteiger partial charge in [-0.2, -0.15) is 4.99 Å². The van der Waals surface area contributed by atoms with Crippen LogP contribution in [-0.4, -0.2) is 51.1 Å². The van der Waals surface area contributed by atoms with Crippen LogP contribution in [-0.2, 0) is 9.59 Å². The molecule has 0 spiro atoms. The lowest BCUT2D eigenvalue weighted by molar-refractivity contribution is -0.121. The van der Waals surface area contributed by atoms with E-state index in [4.69, 9.17) is 0 Å². The third kappa shape index (κ3) is 4.79. The first-order valence-electron chi connectivity index (χ1n) is 11.2. The molecule has 0 unspecified atom stereocenters. The Hall–Kier alpha value is -3.72. The Kier molecular flexibility index (Phi) is 6.27. The van der Waals surface area contributed by atoms with E-state index in [1.807, 2.05) is 30.3 Å². The Balaban J connectivity index is 1.17. The predicted octanol–water partition coefficient (Wildman–Crippen LogP) is 3.91. The number of likely N-dealkylation sites (tertiary alicyclic amines) is 1. The van der Waals surface area contributed by atoms with E-state index in [1.54, 1.807) is 30.5 Å². The van der Waals surface area contributed by atoms with Crippen LogP contribution < -0.4 is 10.6 Å². The number of hydrogen-bond acceptors (Lipinski definition) is 6. The minimum absolute atomic E-state index is 0.0562. The summed E-state index contributed by atoms with van der Waals surface area (Å²) in [4.78, 5) is 48.0. The zero-order chi connectivity index (χ0) is 23.5. The third-order valence-electron chi connectivity index (χ3n) is 5.79. The van der Waals surface area contributed by atoms with Gasteiger partial charge in [-0.25, -0.2) is 0 Å². The van der Waals surface area contributed by atoms with Crippen molar-refractivity contribution in [3.8, 4) is 0 Å². The number of fused-ring (bicyclic) bond motifs is 1. The van der Waals surface area contributed by atoms with Crippen LogP contribution in [0.15, 0.2) is 65.8 Å². The average molecular weight is 474 g/mol. The molecule has 2 N–H and O–H groups in total. The van der Waals surface area contributed by atoms with Crippen LogP contribution in [0.3, 0.4) is 0 Å². The van der Waals surface area contributed by atoms with Crippen molar-refractivity contribution in [1.82, 2.24) is 9.88 Å². The molecule has 1 fully saturated rings. The standard InChI is InChI=1S/C25H23N5O3S/c31-21(15-20-24(33)29-25(34-20)30-13-1-2-14-30)27-18-10-8-17(9-11-18)23(32)28-19-7-3-5-16-6-4-12-26-22(16)19/h3-12,20H,1-2,13-15H2,(H,27,31)(H,28,32)/t20-/m0/s1. The number of thioether (sulfide) groups is 1. The quantitative estimate of drug-likeness (QED) is 0.582. The molecule has 0 aliphatic carbocycles. The highest BCUT2D eigenvalue weighted by Gasteiger charge is 2.33. The largest absolute Gasteiger partial charge is 0.351 e. The van der Waals surface area contributed by atoms with Crippen molar-refractivity contribution in [3.05, 3.63) is 66.4 Å². The first-order valence-corrected chi connectivity index (χ1v) is 12.0. The minimum Gasteiger partial charge on any atom is -0.351 e. The molecule has 8 nitrogen and oxygen atoms in total. The van der Waals surface area contributed by atoms with E-state index in [2.05, 4.69) is 25.5 Å². The molecule has 2 aliphatic rings. The second-order valence-electron chi connectivity index (χ2n) is 8.20. The number of benzene rings is 2. The monoisotopic (exact) mass is 473 g/mol. The Labute approximate surface area is 200 Å². The van der Waals surface area contributed by atoms with Crippen LogP contribution in [0.25, 0.3) is 10.9 Å². The molecule has 1 saturated heterocycles. The van der Waals surface area contributed by atoms with E-state index in [-0.39, 0.29) is 24.1 Å². The molecule has 5 rings (SSSR count). The maximum absolute atomic E-state index is 12.7. The van der Waals surface area contributed by atoms with Crippen LogP contribution in [0.4, 0.5) is 11.4 Å². The van der Waals surface area contributed by atoms with Gasteiger partial charge in [0.15, 0.2) is 5.17 Å². The van der Waals surface area contributed by atoms with Crippen molar-refractivity contribution in [2.75, 3.05) is 23.7 Å². The fourth-order valence-corrected chi connectivity index (χ4v) is 5.15. The highest BCUT2D eigenvalue weighted by molar-refractivity contribution is 8.15. The van der Waals surface area contributed by atoms with Gasteiger partial charge in [0.2, 0.25) is 5.91 Å². The molecule has 2 aromatic carbocycles. The molecule has 3 heterocycles. The zero-order valence-corrected chi connectivity index (χ0v) is 19.2. The summed E-state index contributed by atoms with van der Waals surface area (Å²) in [6, 6.07) is 16.0. The number of aromatic nitrogens is 1. The van der Waals surface area contributed by atoms with E-state index in [9.17, 15) is 14.4 Å². The maximum atomic E-state index is 12.7.